The number of nitrogens with two attached hydrogens (primary N) is 1. The molecule has 3 aromatic heterocycles. The number of aromatic nitrogens is 3. The summed E-state index contributed by atoms with van der Waals surface area (Å²) in [4.78, 5) is 18.6. The Hall–Kier alpha value is -3.54. The number of pyridine rings is 2. The van der Waals surface area contributed by atoms with Gasteiger partial charge >= 0.3 is 12.1 Å². The van der Waals surface area contributed by atoms with Crippen molar-refractivity contribution >= 4 is 5.97 Å². The third kappa shape index (κ3) is 6.84. The van der Waals surface area contributed by atoms with Crippen LogP contribution in [0, 0.1) is 5.82 Å². The third-order valence-corrected chi connectivity index (χ3v) is 3.20. The van der Waals surface area contributed by atoms with Crippen LogP contribution in [0.2, 0.25) is 0 Å². The Balaban J connectivity index is 0.000000438. The number of hydrogen-bond acceptors (Lipinski definition) is 7. The Kier molecular flexibility index (Phi) is 7.20. The maximum Gasteiger partial charge on any atom is 0.400 e. The summed E-state index contributed by atoms with van der Waals surface area (Å²) < 4.78 is 55.3. The van der Waals surface area contributed by atoms with Crippen LogP contribution in [0.5, 0.6) is 5.88 Å². The lowest BCUT2D eigenvalue weighted by molar-refractivity contribution is -0.118. The normalized spacial score (nSPS) is 10.8. The first-order valence-corrected chi connectivity index (χ1v) is 7.83. The average Bonchev–Trinajstić information content (AvgIpc) is 3.16. The molecule has 3 rings (SSSR count). The Morgan fingerprint density at radius 2 is 1.90 bits per heavy atom. The lowest BCUT2D eigenvalue weighted by atomic mass is 10.2. The van der Waals surface area contributed by atoms with E-state index < -0.39 is 24.5 Å². The van der Waals surface area contributed by atoms with E-state index in [9.17, 15) is 22.4 Å². The SMILES string of the molecule is NCC(F)(F)F.O=C(O)c1ccc(OCc2conc2-c2ccc(F)cn2)nc1. The summed E-state index contributed by atoms with van der Waals surface area (Å²) >= 11 is 0. The molecule has 0 spiro atoms. The third-order valence-electron chi connectivity index (χ3n) is 3.20. The number of aromatic carboxylic acids is 1. The molecule has 0 bridgehead atoms. The Bertz CT molecular complexity index is 928. The van der Waals surface area contributed by atoms with Crippen LogP contribution in [0.4, 0.5) is 17.6 Å². The highest BCUT2D eigenvalue weighted by molar-refractivity contribution is 5.87. The number of ether oxygens (including phenoxy) is 1. The second-order valence-electron chi connectivity index (χ2n) is 5.35. The standard InChI is InChI=1S/C15H10FN3O4.C2H4F3N/c16-11-2-3-12(17-6-11)14-10(8-23-19-14)7-22-13-4-1-9(5-18-13)15(20)21;3-2(4,5)1-6/h1-6,8H,7H2,(H,20,21);1,6H2. The summed E-state index contributed by atoms with van der Waals surface area (Å²) in [5, 5.41) is 12.6. The summed E-state index contributed by atoms with van der Waals surface area (Å²) in [6.45, 7) is -1.13. The van der Waals surface area contributed by atoms with Crippen molar-refractivity contribution in [2.45, 2.75) is 12.8 Å². The fourth-order valence-electron chi connectivity index (χ4n) is 1.83. The van der Waals surface area contributed by atoms with Crippen LogP contribution < -0.4 is 10.5 Å². The molecular formula is C17H14F4N4O4. The number of rotatable bonds is 5. The van der Waals surface area contributed by atoms with Gasteiger partial charge in [-0.05, 0) is 18.2 Å². The molecule has 3 aromatic rings. The summed E-state index contributed by atoms with van der Waals surface area (Å²) in [6.07, 6.45) is -0.499. The van der Waals surface area contributed by atoms with Crippen molar-refractivity contribution in [3.63, 3.8) is 0 Å². The molecule has 12 heteroatoms. The monoisotopic (exact) mass is 414 g/mol. The molecule has 3 heterocycles. The van der Waals surface area contributed by atoms with Crippen LogP contribution in [-0.2, 0) is 6.61 Å². The number of halogens is 4. The number of carboxylic acids is 1. The molecule has 29 heavy (non-hydrogen) atoms. The highest BCUT2D eigenvalue weighted by Crippen LogP contribution is 2.21. The molecule has 0 aliphatic rings. The van der Waals surface area contributed by atoms with E-state index >= 15 is 0 Å². The van der Waals surface area contributed by atoms with Gasteiger partial charge in [0.25, 0.3) is 0 Å². The molecule has 0 atom stereocenters. The zero-order valence-electron chi connectivity index (χ0n) is 14.6. The van der Waals surface area contributed by atoms with Crippen molar-refractivity contribution in [2.75, 3.05) is 6.54 Å². The molecule has 0 saturated carbocycles. The molecule has 8 nitrogen and oxygen atoms in total. The lowest BCUT2D eigenvalue weighted by Crippen LogP contribution is -2.21. The molecule has 0 radical (unpaired) electrons. The van der Waals surface area contributed by atoms with Gasteiger partial charge in [-0.15, -0.1) is 0 Å². The Morgan fingerprint density at radius 3 is 2.41 bits per heavy atom. The number of alkyl halides is 3. The van der Waals surface area contributed by atoms with Crippen molar-refractivity contribution in [2.24, 2.45) is 5.73 Å². The largest absolute Gasteiger partial charge is 0.478 e. The number of carbonyl (C=O) groups is 1. The lowest BCUT2D eigenvalue weighted by Gasteiger charge is -2.05. The van der Waals surface area contributed by atoms with Gasteiger partial charge in [-0.3, -0.25) is 4.98 Å². The van der Waals surface area contributed by atoms with E-state index in [1.165, 1.54) is 36.7 Å². The molecular weight excluding hydrogens is 400 g/mol. The molecule has 0 aromatic carbocycles. The fraction of sp³-hybridized carbons (Fsp3) is 0.176. The molecule has 0 aliphatic carbocycles. The maximum atomic E-state index is 12.9. The molecule has 0 saturated heterocycles. The molecule has 0 aliphatic heterocycles. The summed E-state index contributed by atoms with van der Waals surface area (Å²) in [6, 6.07) is 5.60. The summed E-state index contributed by atoms with van der Waals surface area (Å²) in [5.41, 5.74) is 5.74. The first kappa shape index (κ1) is 21.8. The van der Waals surface area contributed by atoms with Gasteiger partial charge in [0, 0.05) is 12.3 Å². The second kappa shape index (κ2) is 9.59. The molecule has 0 unspecified atom stereocenters. The van der Waals surface area contributed by atoms with Gasteiger partial charge in [0.1, 0.15) is 24.4 Å². The number of carboxylic acid groups (broad SMARTS) is 1. The summed E-state index contributed by atoms with van der Waals surface area (Å²) in [7, 11) is 0. The predicted octanol–water partition coefficient (Wildman–Crippen LogP) is 3.06. The van der Waals surface area contributed by atoms with Crippen LogP contribution in [0.25, 0.3) is 11.4 Å². The van der Waals surface area contributed by atoms with Crippen LogP contribution >= 0.6 is 0 Å². The van der Waals surface area contributed by atoms with Gasteiger partial charge in [0.2, 0.25) is 5.88 Å². The highest BCUT2D eigenvalue weighted by Gasteiger charge is 2.23. The van der Waals surface area contributed by atoms with Gasteiger partial charge in [-0.1, -0.05) is 5.16 Å². The van der Waals surface area contributed by atoms with Crippen LogP contribution in [-0.4, -0.2) is 38.9 Å². The minimum Gasteiger partial charge on any atom is -0.478 e. The average molecular weight is 414 g/mol. The van der Waals surface area contributed by atoms with Crippen molar-refractivity contribution in [3.8, 4) is 17.3 Å². The van der Waals surface area contributed by atoms with Crippen molar-refractivity contribution in [1.82, 2.24) is 15.1 Å². The van der Waals surface area contributed by atoms with Crippen LogP contribution in [0.1, 0.15) is 15.9 Å². The van der Waals surface area contributed by atoms with E-state index in [1.54, 1.807) is 0 Å². The molecule has 0 fully saturated rings. The van der Waals surface area contributed by atoms with Crippen molar-refractivity contribution < 1.29 is 36.7 Å². The quantitative estimate of drug-likeness (QED) is 0.611. The van der Waals surface area contributed by atoms with E-state index in [1.807, 2.05) is 0 Å². The van der Waals surface area contributed by atoms with E-state index in [0.29, 0.717) is 17.0 Å². The minimum absolute atomic E-state index is 0.0681. The molecule has 0 amide bonds. The zero-order chi connectivity index (χ0) is 21.4. The molecule has 154 valence electrons. The van der Waals surface area contributed by atoms with Crippen LogP contribution in [0.15, 0.2) is 47.4 Å². The van der Waals surface area contributed by atoms with Crippen molar-refractivity contribution in [1.29, 1.82) is 0 Å². The highest BCUT2D eigenvalue weighted by atomic mass is 19.4. The maximum absolute atomic E-state index is 12.9. The van der Waals surface area contributed by atoms with E-state index in [0.717, 1.165) is 6.20 Å². The predicted molar refractivity (Wildman–Crippen MR) is 90.3 cm³/mol. The van der Waals surface area contributed by atoms with E-state index in [-0.39, 0.29) is 18.1 Å². The zero-order valence-corrected chi connectivity index (χ0v) is 14.6. The number of nitrogens with zero attached hydrogens (tertiary/aromatic N) is 3. The molecule has 3 N–H and O–H groups in total. The first-order chi connectivity index (χ1) is 13.7. The van der Waals surface area contributed by atoms with Gasteiger partial charge in [-0.2, -0.15) is 13.2 Å². The topological polar surface area (TPSA) is 124 Å². The Morgan fingerprint density at radius 1 is 1.17 bits per heavy atom. The van der Waals surface area contributed by atoms with Gasteiger partial charge in [-0.25, -0.2) is 14.2 Å². The van der Waals surface area contributed by atoms with E-state index in [4.69, 9.17) is 14.4 Å². The van der Waals surface area contributed by atoms with Crippen LogP contribution in [0.3, 0.4) is 0 Å². The summed E-state index contributed by atoms with van der Waals surface area (Å²) in [5.74, 6) is -1.25. The van der Waals surface area contributed by atoms with Crippen molar-refractivity contribution in [3.05, 3.63) is 59.9 Å². The second-order valence-corrected chi connectivity index (χ2v) is 5.35. The Labute approximate surface area is 160 Å². The van der Waals surface area contributed by atoms with E-state index in [2.05, 4.69) is 20.9 Å². The van der Waals surface area contributed by atoms with Gasteiger partial charge in [0.05, 0.1) is 29.6 Å². The first-order valence-electron chi connectivity index (χ1n) is 7.83. The smallest absolute Gasteiger partial charge is 0.400 e. The van der Waals surface area contributed by atoms with Gasteiger partial charge in [0.15, 0.2) is 0 Å². The fourth-order valence-corrected chi connectivity index (χ4v) is 1.83. The number of hydrogen-bond donors (Lipinski definition) is 2. The minimum atomic E-state index is -4.18. The van der Waals surface area contributed by atoms with Gasteiger partial charge < -0.3 is 20.1 Å².